The summed E-state index contributed by atoms with van der Waals surface area (Å²) in [5, 5.41) is 15.5. The molecule has 2 N–H and O–H groups in total. The summed E-state index contributed by atoms with van der Waals surface area (Å²) in [6, 6.07) is 1.88. The van der Waals surface area contributed by atoms with Gasteiger partial charge in [-0.15, -0.1) is 0 Å². The minimum atomic E-state index is -3.60. The molecule has 1 aliphatic rings. The first-order chi connectivity index (χ1) is 8.45. The summed E-state index contributed by atoms with van der Waals surface area (Å²) < 4.78 is 27.2. The maximum absolute atomic E-state index is 12.3. The van der Waals surface area contributed by atoms with E-state index in [-0.39, 0.29) is 16.9 Å². The number of hydrogen-bond donors (Lipinski definition) is 2. The molecule has 0 amide bonds. The van der Waals surface area contributed by atoms with Crippen LogP contribution in [0.3, 0.4) is 0 Å². The third-order valence-electron chi connectivity index (χ3n) is 3.32. The Bertz CT molecular complexity index is 565. The Labute approximate surface area is 106 Å². The number of sulfonamides is 1. The number of nitriles is 1. The highest BCUT2D eigenvalue weighted by Crippen LogP contribution is 2.27. The molecule has 7 heteroatoms. The Hall–Kier alpha value is -1.39. The number of aryl methyl sites for hydroxylation is 2. The number of aromatic nitrogens is 2. The van der Waals surface area contributed by atoms with Gasteiger partial charge in [-0.25, -0.2) is 13.1 Å². The molecule has 0 aromatic carbocycles. The van der Waals surface area contributed by atoms with Crippen molar-refractivity contribution >= 4 is 10.0 Å². The van der Waals surface area contributed by atoms with Gasteiger partial charge in [0.1, 0.15) is 4.90 Å². The van der Waals surface area contributed by atoms with Crippen LogP contribution in [0.25, 0.3) is 0 Å². The number of rotatable bonds is 3. The fourth-order valence-electron chi connectivity index (χ4n) is 2.45. The second kappa shape index (κ2) is 4.71. The molecular formula is C11H16N4O2S. The minimum Gasteiger partial charge on any atom is -0.281 e. The summed E-state index contributed by atoms with van der Waals surface area (Å²) in [5.41, 5.74) is 0.970. The van der Waals surface area contributed by atoms with Crippen LogP contribution < -0.4 is 4.72 Å². The highest BCUT2D eigenvalue weighted by Gasteiger charge is 2.33. The molecule has 2 rings (SSSR count). The number of aromatic amines is 1. The molecule has 0 saturated heterocycles. The summed E-state index contributed by atoms with van der Waals surface area (Å²) in [6.07, 6.45) is 2.36. The molecule has 0 aliphatic heterocycles. The fourth-order valence-corrected chi connectivity index (χ4v) is 4.13. The van der Waals surface area contributed by atoms with Gasteiger partial charge in [0, 0.05) is 6.04 Å². The predicted octanol–water partition coefficient (Wildman–Crippen LogP) is 0.997. The lowest BCUT2D eigenvalue weighted by Crippen LogP contribution is -2.37. The maximum atomic E-state index is 12.3. The number of H-pyrrole nitrogens is 1. The van der Waals surface area contributed by atoms with Crippen molar-refractivity contribution in [3.63, 3.8) is 0 Å². The van der Waals surface area contributed by atoms with Gasteiger partial charge in [-0.2, -0.15) is 10.4 Å². The van der Waals surface area contributed by atoms with Crippen LogP contribution in [-0.4, -0.2) is 24.7 Å². The molecule has 98 valence electrons. The van der Waals surface area contributed by atoms with Crippen molar-refractivity contribution in [2.75, 3.05) is 0 Å². The molecule has 2 atom stereocenters. The van der Waals surface area contributed by atoms with E-state index in [0.717, 1.165) is 12.8 Å². The molecule has 0 bridgehead atoms. The molecule has 0 radical (unpaired) electrons. The first-order valence-electron chi connectivity index (χ1n) is 5.89. The van der Waals surface area contributed by atoms with E-state index in [9.17, 15) is 8.42 Å². The zero-order chi connectivity index (χ0) is 13.3. The van der Waals surface area contributed by atoms with Gasteiger partial charge in [-0.3, -0.25) is 5.10 Å². The lowest BCUT2D eigenvalue weighted by atomic mass is 10.1. The van der Waals surface area contributed by atoms with Crippen LogP contribution in [0.2, 0.25) is 0 Å². The highest BCUT2D eigenvalue weighted by atomic mass is 32.2. The molecule has 1 fully saturated rings. The molecule has 0 spiro atoms. The lowest BCUT2D eigenvalue weighted by Gasteiger charge is -2.15. The van der Waals surface area contributed by atoms with E-state index in [4.69, 9.17) is 5.26 Å². The average molecular weight is 268 g/mol. The van der Waals surface area contributed by atoms with E-state index in [2.05, 4.69) is 21.0 Å². The summed E-state index contributed by atoms with van der Waals surface area (Å²) in [5.74, 6) is -0.229. The molecule has 1 aromatic heterocycles. The Balaban J connectivity index is 2.26. The zero-order valence-electron chi connectivity index (χ0n) is 10.4. The van der Waals surface area contributed by atoms with Crippen molar-refractivity contribution < 1.29 is 8.42 Å². The fraction of sp³-hybridized carbons (Fsp3) is 0.636. The lowest BCUT2D eigenvalue weighted by molar-refractivity contribution is 0.514. The van der Waals surface area contributed by atoms with Crippen molar-refractivity contribution in [3.05, 3.63) is 11.4 Å². The van der Waals surface area contributed by atoms with Gasteiger partial charge in [-0.1, -0.05) is 6.42 Å². The zero-order valence-corrected chi connectivity index (χ0v) is 11.2. The normalized spacial score (nSPS) is 24.1. The first-order valence-corrected chi connectivity index (χ1v) is 7.37. The Kier molecular flexibility index (Phi) is 3.41. The van der Waals surface area contributed by atoms with Crippen LogP contribution in [0.1, 0.15) is 30.7 Å². The van der Waals surface area contributed by atoms with Crippen molar-refractivity contribution in [3.8, 4) is 6.07 Å². The monoisotopic (exact) mass is 268 g/mol. The SMILES string of the molecule is Cc1n[nH]c(C)c1S(=O)(=O)NC1CCCC1C#N. The quantitative estimate of drug-likeness (QED) is 0.854. The van der Waals surface area contributed by atoms with Crippen LogP contribution in [0, 0.1) is 31.1 Å². The molecule has 1 aromatic rings. The van der Waals surface area contributed by atoms with Crippen molar-refractivity contribution in [1.82, 2.24) is 14.9 Å². The Morgan fingerprint density at radius 1 is 1.44 bits per heavy atom. The average Bonchev–Trinajstić information content (AvgIpc) is 2.85. The first kappa shape index (κ1) is 13.1. The summed E-state index contributed by atoms with van der Waals surface area (Å²) in [4.78, 5) is 0.200. The predicted molar refractivity (Wildman–Crippen MR) is 65.1 cm³/mol. The Morgan fingerprint density at radius 3 is 2.72 bits per heavy atom. The van der Waals surface area contributed by atoms with Gasteiger partial charge in [0.25, 0.3) is 0 Å². The molecular weight excluding hydrogens is 252 g/mol. The largest absolute Gasteiger partial charge is 0.281 e. The Morgan fingerprint density at radius 2 is 2.17 bits per heavy atom. The van der Waals surface area contributed by atoms with Crippen LogP contribution >= 0.6 is 0 Å². The second-order valence-electron chi connectivity index (χ2n) is 4.66. The number of hydrogen-bond acceptors (Lipinski definition) is 4. The molecule has 1 saturated carbocycles. The van der Waals surface area contributed by atoms with Crippen molar-refractivity contribution in [2.24, 2.45) is 5.92 Å². The third-order valence-corrected chi connectivity index (χ3v) is 5.07. The van der Waals surface area contributed by atoms with E-state index in [1.807, 2.05) is 0 Å². The second-order valence-corrected chi connectivity index (χ2v) is 6.31. The van der Waals surface area contributed by atoms with Gasteiger partial charge in [-0.05, 0) is 26.7 Å². The van der Waals surface area contributed by atoms with E-state index in [1.165, 1.54) is 0 Å². The van der Waals surface area contributed by atoms with E-state index >= 15 is 0 Å². The molecule has 2 unspecified atom stereocenters. The van der Waals surface area contributed by atoms with Crippen molar-refractivity contribution in [2.45, 2.75) is 44.0 Å². The smallest absolute Gasteiger partial charge is 0.244 e. The van der Waals surface area contributed by atoms with Gasteiger partial charge in [0.2, 0.25) is 10.0 Å². The summed E-state index contributed by atoms with van der Waals surface area (Å²) in [7, 11) is -3.60. The summed E-state index contributed by atoms with van der Waals surface area (Å²) in [6.45, 7) is 3.32. The van der Waals surface area contributed by atoms with Gasteiger partial charge in [0.05, 0.1) is 23.4 Å². The van der Waals surface area contributed by atoms with E-state index in [1.54, 1.807) is 13.8 Å². The van der Waals surface area contributed by atoms with Crippen LogP contribution in [-0.2, 0) is 10.0 Å². The summed E-state index contributed by atoms with van der Waals surface area (Å²) >= 11 is 0. The van der Waals surface area contributed by atoms with Gasteiger partial charge >= 0.3 is 0 Å². The van der Waals surface area contributed by atoms with Crippen LogP contribution in [0.15, 0.2) is 4.90 Å². The molecule has 6 nitrogen and oxygen atoms in total. The van der Waals surface area contributed by atoms with Gasteiger partial charge < -0.3 is 0 Å². The van der Waals surface area contributed by atoms with Crippen LogP contribution in [0.4, 0.5) is 0 Å². The minimum absolute atomic E-state index is 0.200. The molecule has 1 aliphatic carbocycles. The topological polar surface area (TPSA) is 98.6 Å². The van der Waals surface area contributed by atoms with Crippen molar-refractivity contribution in [1.29, 1.82) is 5.26 Å². The van der Waals surface area contributed by atoms with E-state index in [0.29, 0.717) is 17.8 Å². The van der Waals surface area contributed by atoms with Crippen LogP contribution in [0.5, 0.6) is 0 Å². The molecule has 1 heterocycles. The highest BCUT2D eigenvalue weighted by molar-refractivity contribution is 7.89. The number of nitrogens with one attached hydrogen (secondary N) is 2. The van der Waals surface area contributed by atoms with Gasteiger partial charge in [0.15, 0.2) is 0 Å². The standard InChI is InChI=1S/C11H16N4O2S/c1-7-11(8(2)14-13-7)18(16,17)15-10-5-3-4-9(10)6-12/h9-10,15H,3-5H2,1-2H3,(H,13,14). The molecule has 18 heavy (non-hydrogen) atoms. The third kappa shape index (κ3) is 2.26. The maximum Gasteiger partial charge on any atom is 0.244 e. The van der Waals surface area contributed by atoms with E-state index < -0.39 is 10.0 Å². The number of nitrogens with zero attached hydrogens (tertiary/aromatic N) is 2.